The molecule has 1 aromatic heterocycles. The zero-order valence-corrected chi connectivity index (χ0v) is 11.1. The fraction of sp³-hybridized carbons (Fsp3) is 0.615. The van der Waals surface area contributed by atoms with Crippen molar-refractivity contribution in [1.82, 2.24) is 15.3 Å². The van der Waals surface area contributed by atoms with Gasteiger partial charge >= 0.3 is 0 Å². The molecular weight excluding hydrogens is 250 g/mol. The summed E-state index contributed by atoms with van der Waals surface area (Å²) in [6.07, 6.45) is 10.3. The molecule has 4 nitrogen and oxygen atoms in total. The molecule has 98 valence electrons. The quantitative estimate of drug-likeness (QED) is 0.853. The molecule has 0 saturated heterocycles. The molecular formula is C13H18ClN3O. The number of carbonyl (C=O) groups is 1. The Kier molecular flexibility index (Phi) is 4.53. The number of hydrogen-bond donors (Lipinski definition) is 1. The van der Waals surface area contributed by atoms with Crippen LogP contribution in [-0.2, 0) is 0 Å². The summed E-state index contributed by atoms with van der Waals surface area (Å²) in [4.78, 5) is 19.6. The monoisotopic (exact) mass is 267 g/mol. The molecule has 0 unspecified atom stereocenters. The van der Waals surface area contributed by atoms with Crippen LogP contribution in [0.25, 0.3) is 0 Å². The molecule has 2 rings (SSSR count). The third-order valence-electron chi connectivity index (χ3n) is 3.64. The van der Waals surface area contributed by atoms with E-state index in [2.05, 4.69) is 15.3 Å². The molecule has 1 saturated carbocycles. The smallest absolute Gasteiger partial charge is 0.254 e. The summed E-state index contributed by atoms with van der Waals surface area (Å²) in [7, 11) is 0. The molecule has 0 aromatic carbocycles. The Morgan fingerprint density at radius 2 is 1.94 bits per heavy atom. The lowest BCUT2D eigenvalue weighted by Crippen LogP contribution is -2.40. The summed E-state index contributed by atoms with van der Waals surface area (Å²) in [5.74, 6) is 0.490. The average molecular weight is 268 g/mol. The van der Waals surface area contributed by atoms with Crippen LogP contribution in [0.3, 0.4) is 0 Å². The summed E-state index contributed by atoms with van der Waals surface area (Å²) in [5, 5.41) is 2.96. The van der Waals surface area contributed by atoms with E-state index >= 15 is 0 Å². The van der Waals surface area contributed by atoms with Gasteiger partial charge in [-0.1, -0.05) is 19.3 Å². The first-order chi connectivity index (χ1) is 8.76. The third-order valence-corrected chi connectivity index (χ3v) is 4.21. The summed E-state index contributed by atoms with van der Waals surface area (Å²) in [6.45, 7) is 0.643. The lowest BCUT2D eigenvalue weighted by molar-refractivity contribution is 0.0920. The third kappa shape index (κ3) is 3.19. The molecule has 0 aliphatic heterocycles. The molecule has 0 radical (unpaired) electrons. The van der Waals surface area contributed by atoms with Gasteiger partial charge in [0.25, 0.3) is 5.91 Å². The Labute approximate surface area is 112 Å². The van der Waals surface area contributed by atoms with Crippen LogP contribution in [0.1, 0.15) is 42.5 Å². The molecule has 5 heteroatoms. The van der Waals surface area contributed by atoms with E-state index in [0.29, 0.717) is 18.0 Å². The van der Waals surface area contributed by atoms with Gasteiger partial charge in [-0.25, -0.2) is 9.97 Å². The molecule has 1 heterocycles. The Balaban J connectivity index is 1.92. The Hall–Kier alpha value is -1.16. The second-order valence-corrected chi connectivity index (χ2v) is 5.27. The fourth-order valence-corrected chi connectivity index (χ4v) is 2.81. The Morgan fingerprint density at radius 1 is 1.28 bits per heavy atom. The second-order valence-electron chi connectivity index (χ2n) is 5.00. The Morgan fingerprint density at radius 3 is 2.56 bits per heavy atom. The Bertz CT molecular complexity index is 390. The highest BCUT2D eigenvalue weighted by Crippen LogP contribution is 2.36. The van der Waals surface area contributed by atoms with Crippen LogP contribution in [0.4, 0.5) is 0 Å². The summed E-state index contributed by atoms with van der Waals surface area (Å²) in [5.41, 5.74) is 0.573. The van der Waals surface area contributed by atoms with Crippen molar-refractivity contribution in [2.24, 2.45) is 5.41 Å². The van der Waals surface area contributed by atoms with Crippen molar-refractivity contribution in [3.05, 3.63) is 24.3 Å². The highest BCUT2D eigenvalue weighted by molar-refractivity contribution is 6.18. The van der Waals surface area contributed by atoms with Crippen LogP contribution in [0.5, 0.6) is 0 Å². The van der Waals surface area contributed by atoms with Gasteiger partial charge in [0.15, 0.2) is 0 Å². The van der Waals surface area contributed by atoms with Gasteiger partial charge in [-0.05, 0) is 12.8 Å². The number of amides is 1. The van der Waals surface area contributed by atoms with Crippen molar-refractivity contribution < 1.29 is 4.79 Å². The van der Waals surface area contributed by atoms with Crippen molar-refractivity contribution in [2.45, 2.75) is 32.1 Å². The first kappa shape index (κ1) is 13.3. The number of alkyl halides is 1. The zero-order chi connectivity index (χ0) is 12.8. The van der Waals surface area contributed by atoms with E-state index < -0.39 is 0 Å². The predicted molar refractivity (Wildman–Crippen MR) is 70.6 cm³/mol. The van der Waals surface area contributed by atoms with Crippen molar-refractivity contribution in [3.63, 3.8) is 0 Å². The minimum absolute atomic E-state index is 0.0745. The molecule has 1 aliphatic carbocycles. The van der Waals surface area contributed by atoms with Gasteiger partial charge in [-0.15, -0.1) is 11.6 Å². The summed E-state index contributed by atoms with van der Waals surface area (Å²) in [6, 6.07) is 0. The van der Waals surface area contributed by atoms with Crippen LogP contribution in [0, 0.1) is 5.41 Å². The van der Waals surface area contributed by atoms with Crippen molar-refractivity contribution in [1.29, 1.82) is 0 Å². The molecule has 0 bridgehead atoms. The maximum Gasteiger partial charge on any atom is 0.254 e. The van der Waals surface area contributed by atoms with Crippen LogP contribution in [0.15, 0.2) is 18.7 Å². The topological polar surface area (TPSA) is 54.9 Å². The first-order valence-electron chi connectivity index (χ1n) is 6.35. The van der Waals surface area contributed by atoms with Gasteiger partial charge in [0.2, 0.25) is 0 Å². The normalized spacial score (nSPS) is 18.3. The summed E-state index contributed by atoms with van der Waals surface area (Å²) >= 11 is 6.09. The van der Waals surface area contributed by atoms with E-state index in [1.807, 2.05) is 0 Å². The van der Waals surface area contributed by atoms with Crippen molar-refractivity contribution in [3.8, 4) is 0 Å². The van der Waals surface area contributed by atoms with E-state index in [4.69, 9.17) is 11.6 Å². The number of aromatic nitrogens is 2. The average Bonchev–Trinajstić information content (AvgIpc) is 2.47. The van der Waals surface area contributed by atoms with Gasteiger partial charge in [-0.2, -0.15) is 0 Å². The van der Waals surface area contributed by atoms with E-state index in [9.17, 15) is 4.79 Å². The number of hydrogen-bond acceptors (Lipinski definition) is 3. The molecule has 1 aromatic rings. The van der Waals surface area contributed by atoms with Gasteiger partial charge in [-0.3, -0.25) is 4.79 Å². The molecule has 0 spiro atoms. The lowest BCUT2D eigenvalue weighted by Gasteiger charge is -2.35. The van der Waals surface area contributed by atoms with E-state index in [1.165, 1.54) is 38.0 Å². The molecule has 1 fully saturated rings. The minimum atomic E-state index is -0.120. The first-order valence-corrected chi connectivity index (χ1v) is 6.88. The summed E-state index contributed by atoms with van der Waals surface area (Å²) < 4.78 is 0. The number of rotatable bonds is 4. The van der Waals surface area contributed by atoms with E-state index in [1.54, 1.807) is 0 Å². The fourth-order valence-electron chi connectivity index (χ4n) is 2.45. The van der Waals surface area contributed by atoms with Crippen LogP contribution in [0.2, 0.25) is 0 Å². The highest BCUT2D eigenvalue weighted by Gasteiger charge is 2.31. The molecule has 0 atom stereocenters. The molecule has 1 amide bonds. The van der Waals surface area contributed by atoms with E-state index in [-0.39, 0.29) is 11.3 Å². The molecule has 1 N–H and O–H groups in total. The standard InChI is InChI=1S/C13H18ClN3O/c14-8-13(4-2-1-3-5-13)9-17-12(18)11-6-15-10-16-7-11/h6-7,10H,1-5,8-9H2,(H,17,18). The molecule has 18 heavy (non-hydrogen) atoms. The van der Waals surface area contributed by atoms with Crippen LogP contribution in [-0.4, -0.2) is 28.3 Å². The highest BCUT2D eigenvalue weighted by atomic mass is 35.5. The number of halogens is 1. The minimum Gasteiger partial charge on any atom is -0.351 e. The maximum absolute atomic E-state index is 11.9. The van der Waals surface area contributed by atoms with Gasteiger partial charge in [0.1, 0.15) is 6.33 Å². The second kappa shape index (κ2) is 6.14. The van der Waals surface area contributed by atoms with E-state index in [0.717, 1.165) is 12.8 Å². The zero-order valence-electron chi connectivity index (χ0n) is 10.4. The number of carbonyl (C=O) groups excluding carboxylic acids is 1. The largest absolute Gasteiger partial charge is 0.351 e. The van der Waals surface area contributed by atoms with Gasteiger partial charge in [0, 0.05) is 30.2 Å². The lowest BCUT2D eigenvalue weighted by atomic mass is 9.75. The molecule has 1 aliphatic rings. The van der Waals surface area contributed by atoms with Crippen LogP contribution >= 0.6 is 11.6 Å². The van der Waals surface area contributed by atoms with Gasteiger partial charge < -0.3 is 5.32 Å². The van der Waals surface area contributed by atoms with Crippen molar-refractivity contribution >= 4 is 17.5 Å². The maximum atomic E-state index is 11.9. The number of nitrogens with zero attached hydrogens (tertiary/aromatic N) is 2. The number of nitrogens with one attached hydrogen (secondary N) is 1. The van der Waals surface area contributed by atoms with Crippen LogP contribution < -0.4 is 5.32 Å². The van der Waals surface area contributed by atoms with Gasteiger partial charge in [0.05, 0.1) is 5.56 Å². The SMILES string of the molecule is O=C(NCC1(CCl)CCCCC1)c1cncnc1. The van der Waals surface area contributed by atoms with Crippen molar-refractivity contribution in [2.75, 3.05) is 12.4 Å². The predicted octanol–water partition coefficient (Wildman–Crippen LogP) is 2.40.